The van der Waals surface area contributed by atoms with E-state index in [0.717, 1.165) is 0 Å². The maximum Gasteiger partial charge on any atom is 0.407 e. The van der Waals surface area contributed by atoms with Gasteiger partial charge in [-0.05, 0) is 67.0 Å². The zero-order valence-corrected chi connectivity index (χ0v) is 25.6. The van der Waals surface area contributed by atoms with E-state index < -0.39 is 41.2 Å². The summed E-state index contributed by atoms with van der Waals surface area (Å²) in [5.41, 5.74) is 0.451. The zero-order chi connectivity index (χ0) is 31.0. The number of rotatable bonds is 9. The molecule has 0 aromatic heterocycles. The minimum atomic E-state index is -0.900. The van der Waals surface area contributed by atoms with E-state index in [9.17, 15) is 19.2 Å². The van der Waals surface area contributed by atoms with Crippen LogP contribution in [0.15, 0.2) is 46.8 Å². The van der Waals surface area contributed by atoms with Gasteiger partial charge in [0.2, 0.25) is 0 Å². The van der Waals surface area contributed by atoms with E-state index in [2.05, 4.69) is 16.0 Å². The maximum absolute atomic E-state index is 13.4. The monoisotopic (exact) mass is 593 g/mol. The van der Waals surface area contributed by atoms with Crippen LogP contribution in [-0.4, -0.2) is 61.6 Å². The molecular formula is C29H40ClN3O8. The minimum Gasteiger partial charge on any atom is -0.460 e. The van der Waals surface area contributed by atoms with E-state index in [-0.39, 0.29) is 37.4 Å². The summed E-state index contributed by atoms with van der Waals surface area (Å²) < 4.78 is 21.3. The summed E-state index contributed by atoms with van der Waals surface area (Å²) in [4.78, 5) is 50.5. The zero-order valence-electron chi connectivity index (χ0n) is 24.9. The molecule has 1 aromatic carbocycles. The Balaban J connectivity index is 2.19. The fourth-order valence-corrected chi connectivity index (χ4v) is 4.18. The van der Waals surface area contributed by atoms with Crippen LogP contribution in [0.4, 0.5) is 9.59 Å². The SMILES string of the molecule is CC1=C(C(=O)OCCNC(=O)OC(C)(C)C)C(c2ccccc2Cl)C(C(=O)OCCNC(=O)OC(C)(C)C)=C(C)N1. The molecular weight excluding hydrogens is 554 g/mol. The fraction of sp³-hybridized carbons (Fsp3) is 0.517. The number of esters is 2. The van der Waals surface area contributed by atoms with Gasteiger partial charge in [0, 0.05) is 16.4 Å². The number of dihydropyridines is 1. The molecule has 2 amide bonds. The van der Waals surface area contributed by atoms with E-state index in [1.807, 2.05) is 0 Å². The van der Waals surface area contributed by atoms with E-state index in [1.54, 1.807) is 79.7 Å². The van der Waals surface area contributed by atoms with Crippen LogP contribution in [-0.2, 0) is 28.5 Å². The Morgan fingerprint density at radius 1 is 0.780 bits per heavy atom. The number of ether oxygens (including phenoxy) is 4. The van der Waals surface area contributed by atoms with Crippen LogP contribution in [0.2, 0.25) is 5.02 Å². The predicted octanol–water partition coefficient (Wildman–Crippen LogP) is 4.71. The van der Waals surface area contributed by atoms with Gasteiger partial charge >= 0.3 is 24.1 Å². The van der Waals surface area contributed by atoms with E-state index in [4.69, 9.17) is 30.5 Å². The lowest BCUT2D eigenvalue weighted by atomic mass is 9.80. The molecule has 1 aliphatic rings. The van der Waals surface area contributed by atoms with Crippen LogP contribution >= 0.6 is 11.6 Å². The third-order valence-corrected chi connectivity index (χ3v) is 5.77. The third kappa shape index (κ3) is 10.6. The van der Waals surface area contributed by atoms with Gasteiger partial charge in [-0.15, -0.1) is 0 Å². The Hall–Kier alpha value is -3.73. The summed E-state index contributed by atoms with van der Waals surface area (Å²) >= 11 is 6.53. The average Bonchev–Trinajstić information content (AvgIpc) is 2.82. The second-order valence-corrected chi connectivity index (χ2v) is 11.7. The Bertz CT molecular complexity index is 1140. The number of nitrogens with one attached hydrogen (secondary N) is 3. The molecule has 0 saturated heterocycles. The maximum atomic E-state index is 13.4. The van der Waals surface area contributed by atoms with Crippen molar-refractivity contribution in [1.82, 2.24) is 16.0 Å². The Labute approximate surface area is 245 Å². The van der Waals surface area contributed by atoms with Gasteiger partial charge in [-0.3, -0.25) is 0 Å². The number of benzene rings is 1. The fourth-order valence-electron chi connectivity index (χ4n) is 3.93. The highest BCUT2D eigenvalue weighted by molar-refractivity contribution is 6.31. The van der Waals surface area contributed by atoms with Crippen molar-refractivity contribution in [3.63, 3.8) is 0 Å². The lowest BCUT2D eigenvalue weighted by Crippen LogP contribution is -2.36. The number of allylic oxidation sites excluding steroid dienone is 2. The molecule has 1 heterocycles. The first kappa shape index (κ1) is 33.5. The van der Waals surface area contributed by atoms with Crippen molar-refractivity contribution < 1.29 is 38.1 Å². The molecule has 226 valence electrons. The molecule has 0 aliphatic carbocycles. The molecule has 0 atom stereocenters. The highest BCUT2D eigenvalue weighted by Crippen LogP contribution is 2.41. The van der Waals surface area contributed by atoms with Crippen molar-refractivity contribution in [2.45, 2.75) is 72.5 Å². The lowest BCUT2D eigenvalue weighted by Gasteiger charge is -2.31. The summed E-state index contributed by atoms with van der Waals surface area (Å²) in [7, 11) is 0. The topological polar surface area (TPSA) is 141 Å². The van der Waals surface area contributed by atoms with E-state index in [1.165, 1.54) is 0 Å². The molecule has 12 heteroatoms. The van der Waals surface area contributed by atoms with Gasteiger partial charge in [0.05, 0.1) is 30.2 Å². The van der Waals surface area contributed by atoms with Crippen molar-refractivity contribution >= 4 is 35.7 Å². The number of carbonyl (C=O) groups is 4. The number of halogens is 1. The lowest BCUT2D eigenvalue weighted by molar-refractivity contribution is -0.140. The Kier molecular flexibility index (Phi) is 11.6. The van der Waals surface area contributed by atoms with Crippen molar-refractivity contribution in [3.8, 4) is 0 Å². The van der Waals surface area contributed by atoms with Gasteiger partial charge in [-0.1, -0.05) is 29.8 Å². The highest BCUT2D eigenvalue weighted by atomic mass is 35.5. The van der Waals surface area contributed by atoms with Gasteiger partial charge in [-0.2, -0.15) is 0 Å². The number of carbonyl (C=O) groups excluding carboxylic acids is 4. The molecule has 0 spiro atoms. The van der Waals surface area contributed by atoms with Gasteiger partial charge in [-0.25, -0.2) is 19.2 Å². The molecule has 0 radical (unpaired) electrons. The van der Waals surface area contributed by atoms with Crippen LogP contribution in [0.1, 0.15) is 66.9 Å². The molecule has 2 rings (SSSR count). The van der Waals surface area contributed by atoms with E-state index >= 15 is 0 Å². The number of amides is 2. The van der Waals surface area contributed by atoms with Gasteiger partial charge < -0.3 is 34.9 Å². The van der Waals surface area contributed by atoms with Gasteiger partial charge in [0.15, 0.2) is 0 Å². The quantitative estimate of drug-likeness (QED) is 0.211. The summed E-state index contributed by atoms with van der Waals surface area (Å²) in [6.07, 6.45) is -1.27. The van der Waals surface area contributed by atoms with Crippen LogP contribution < -0.4 is 16.0 Å². The smallest absolute Gasteiger partial charge is 0.407 e. The molecule has 1 aliphatic heterocycles. The van der Waals surface area contributed by atoms with Crippen LogP contribution in [0.25, 0.3) is 0 Å². The number of alkyl carbamates (subject to hydrolysis) is 2. The molecule has 0 bridgehead atoms. The predicted molar refractivity (Wildman–Crippen MR) is 153 cm³/mol. The third-order valence-electron chi connectivity index (χ3n) is 5.42. The van der Waals surface area contributed by atoms with Crippen LogP contribution in [0.3, 0.4) is 0 Å². The summed E-state index contributed by atoms with van der Waals surface area (Å²) in [6, 6.07) is 6.86. The van der Waals surface area contributed by atoms with Crippen molar-refractivity contribution in [2.75, 3.05) is 26.3 Å². The Morgan fingerprint density at radius 2 is 1.20 bits per heavy atom. The average molecular weight is 594 g/mol. The summed E-state index contributed by atoms with van der Waals surface area (Å²) in [6.45, 7) is 13.6. The minimum absolute atomic E-state index is 0.0194. The largest absolute Gasteiger partial charge is 0.460 e. The molecule has 3 N–H and O–H groups in total. The normalized spacial score (nSPS) is 14.2. The molecule has 0 fully saturated rings. The standard InChI is InChI=1S/C29H40ClN3O8/c1-17-21(24(34)38-15-13-31-26(36)40-28(3,4)5)23(19-11-9-10-12-20(19)30)22(18(2)33-17)25(35)39-16-14-32-27(37)41-29(6,7)8/h9-12,23,33H,13-16H2,1-8H3,(H,31,36)(H,32,37). The molecule has 41 heavy (non-hydrogen) atoms. The number of hydrogen-bond acceptors (Lipinski definition) is 9. The first-order chi connectivity index (χ1) is 19.0. The van der Waals surface area contributed by atoms with Gasteiger partial charge in [0.25, 0.3) is 0 Å². The second-order valence-electron chi connectivity index (χ2n) is 11.3. The van der Waals surface area contributed by atoms with Crippen molar-refractivity contribution in [1.29, 1.82) is 0 Å². The first-order valence-electron chi connectivity index (χ1n) is 13.2. The molecule has 11 nitrogen and oxygen atoms in total. The second kappa shape index (κ2) is 14.2. The van der Waals surface area contributed by atoms with Crippen molar-refractivity contribution in [3.05, 3.63) is 57.4 Å². The van der Waals surface area contributed by atoms with E-state index in [0.29, 0.717) is 22.0 Å². The Morgan fingerprint density at radius 3 is 1.59 bits per heavy atom. The molecule has 0 saturated carbocycles. The van der Waals surface area contributed by atoms with Crippen LogP contribution in [0, 0.1) is 0 Å². The molecule has 0 unspecified atom stereocenters. The summed E-state index contributed by atoms with van der Waals surface area (Å²) in [5, 5.41) is 8.47. The number of hydrogen-bond donors (Lipinski definition) is 3. The summed E-state index contributed by atoms with van der Waals surface area (Å²) in [5.74, 6) is -2.30. The first-order valence-corrected chi connectivity index (χ1v) is 13.6. The van der Waals surface area contributed by atoms with Gasteiger partial charge in [0.1, 0.15) is 24.4 Å². The van der Waals surface area contributed by atoms with Crippen LogP contribution in [0.5, 0.6) is 0 Å². The highest BCUT2D eigenvalue weighted by Gasteiger charge is 2.39. The van der Waals surface area contributed by atoms with Crippen molar-refractivity contribution in [2.24, 2.45) is 0 Å². The molecule has 1 aromatic rings.